The summed E-state index contributed by atoms with van der Waals surface area (Å²) in [5.41, 5.74) is -1.31. The quantitative estimate of drug-likeness (QED) is 0.783. The molecule has 2 rings (SSSR count). The Balaban J connectivity index is 2.27. The molecular formula is C17H22FNO4. The Labute approximate surface area is 135 Å². The van der Waals surface area contributed by atoms with Gasteiger partial charge in [-0.2, -0.15) is 0 Å². The van der Waals surface area contributed by atoms with E-state index in [4.69, 9.17) is 9.47 Å². The first kappa shape index (κ1) is 17.4. The second kappa shape index (κ2) is 5.92. The Morgan fingerprint density at radius 3 is 2.35 bits per heavy atom. The standard InChI is InChI=1S/C17H22FNO4/c1-16(2,3)23-15(21)19-13(10-22-17(19,4)5)14(20)11-6-8-12(18)9-7-11/h6-9,13H,10H2,1-5H3. The van der Waals surface area contributed by atoms with Crippen LogP contribution < -0.4 is 0 Å². The molecule has 0 aliphatic carbocycles. The first-order valence-electron chi connectivity index (χ1n) is 7.47. The fraction of sp³-hybridized carbons (Fsp3) is 0.529. The van der Waals surface area contributed by atoms with Crippen molar-refractivity contribution < 1.29 is 23.5 Å². The molecule has 1 aliphatic rings. The average Bonchev–Trinajstić information content (AvgIpc) is 2.72. The molecule has 0 saturated carbocycles. The molecule has 1 fully saturated rings. The molecule has 1 saturated heterocycles. The van der Waals surface area contributed by atoms with E-state index >= 15 is 0 Å². The molecule has 0 bridgehead atoms. The third kappa shape index (κ3) is 3.88. The lowest BCUT2D eigenvalue weighted by molar-refractivity contribution is -0.0615. The molecule has 1 aliphatic heterocycles. The largest absolute Gasteiger partial charge is 0.444 e. The van der Waals surface area contributed by atoms with E-state index in [1.165, 1.54) is 29.2 Å². The topological polar surface area (TPSA) is 55.8 Å². The number of carbonyl (C=O) groups excluding carboxylic acids is 2. The molecule has 5 nitrogen and oxygen atoms in total. The minimum absolute atomic E-state index is 0.0719. The molecule has 6 heteroatoms. The van der Waals surface area contributed by atoms with E-state index in [9.17, 15) is 14.0 Å². The van der Waals surface area contributed by atoms with E-state index in [1.54, 1.807) is 34.6 Å². The van der Waals surface area contributed by atoms with E-state index < -0.39 is 29.3 Å². The number of hydrogen-bond acceptors (Lipinski definition) is 4. The number of benzene rings is 1. The molecule has 23 heavy (non-hydrogen) atoms. The lowest BCUT2D eigenvalue weighted by Gasteiger charge is -2.34. The molecule has 1 atom stereocenters. The minimum atomic E-state index is -0.956. The number of hydrogen-bond donors (Lipinski definition) is 0. The lowest BCUT2D eigenvalue weighted by Crippen LogP contribution is -2.52. The fourth-order valence-electron chi connectivity index (χ4n) is 2.46. The number of carbonyl (C=O) groups is 2. The van der Waals surface area contributed by atoms with Crippen molar-refractivity contribution in [2.45, 2.75) is 52.0 Å². The summed E-state index contributed by atoms with van der Waals surface area (Å²) >= 11 is 0. The first-order valence-corrected chi connectivity index (χ1v) is 7.47. The van der Waals surface area contributed by atoms with Crippen molar-refractivity contribution in [3.63, 3.8) is 0 Å². The van der Waals surface area contributed by atoms with E-state index in [2.05, 4.69) is 0 Å². The van der Waals surface area contributed by atoms with E-state index in [1.807, 2.05) is 0 Å². The molecule has 1 aromatic rings. The zero-order chi connectivity index (χ0) is 17.4. The van der Waals surface area contributed by atoms with Gasteiger partial charge in [-0.3, -0.25) is 9.69 Å². The van der Waals surface area contributed by atoms with Gasteiger partial charge in [-0.25, -0.2) is 9.18 Å². The number of ketones is 1. The molecule has 1 heterocycles. The smallest absolute Gasteiger partial charge is 0.413 e. The number of Topliss-reactive ketones (excluding diaryl/α,β-unsaturated/α-hetero) is 1. The zero-order valence-corrected chi connectivity index (χ0v) is 14.1. The van der Waals surface area contributed by atoms with Crippen LogP contribution in [0.5, 0.6) is 0 Å². The van der Waals surface area contributed by atoms with Crippen molar-refractivity contribution in [2.75, 3.05) is 6.61 Å². The summed E-state index contributed by atoms with van der Waals surface area (Å²) < 4.78 is 24.0. The highest BCUT2D eigenvalue weighted by Crippen LogP contribution is 2.31. The highest BCUT2D eigenvalue weighted by molar-refractivity contribution is 6.02. The minimum Gasteiger partial charge on any atom is -0.444 e. The number of nitrogens with zero attached hydrogens (tertiary/aromatic N) is 1. The Bertz CT molecular complexity index is 604. The van der Waals surface area contributed by atoms with Crippen LogP contribution in [0.1, 0.15) is 45.0 Å². The summed E-state index contributed by atoms with van der Waals surface area (Å²) in [4.78, 5) is 26.5. The van der Waals surface area contributed by atoms with Crippen LogP contribution in [-0.2, 0) is 9.47 Å². The predicted octanol–water partition coefficient (Wildman–Crippen LogP) is 3.38. The van der Waals surface area contributed by atoms with Crippen molar-refractivity contribution in [1.29, 1.82) is 0 Å². The van der Waals surface area contributed by atoms with Crippen LogP contribution >= 0.6 is 0 Å². The predicted molar refractivity (Wildman–Crippen MR) is 82.6 cm³/mol. The van der Waals surface area contributed by atoms with Gasteiger partial charge in [-0.15, -0.1) is 0 Å². The lowest BCUT2D eigenvalue weighted by atomic mass is 10.0. The molecular weight excluding hydrogens is 301 g/mol. The van der Waals surface area contributed by atoms with Crippen molar-refractivity contribution >= 4 is 11.9 Å². The molecule has 1 amide bonds. The molecule has 0 spiro atoms. The summed E-state index contributed by atoms with van der Waals surface area (Å²) in [5, 5.41) is 0. The van der Waals surface area contributed by atoms with Gasteiger partial charge in [0.05, 0.1) is 6.61 Å². The van der Waals surface area contributed by atoms with Gasteiger partial charge in [-0.05, 0) is 58.9 Å². The fourth-order valence-corrected chi connectivity index (χ4v) is 2.46. The van der Waals surface area contributed by atoms with Gasteiger partial charge in [0.15, 0.2) is 5.78 Å². The van der Waals surface area contributed by atoms with E-state index in [0.717, 1.165) is 0 Å². The Morgan fingerprint density at radius 1 is 1.26 bits per heavy atom. The molecule has 126 valence electrons. The van der Waals surface area contributed by atoms with Crippen LogP contribution in [0.2, 0.25) is 0 Å². The first-order chi connectivity index (χ1) is 10.5. The van der Waals surface area contributed by atoms with Crippen LogP contribution in [-0.4, -0.2) is 40.8 Å². The normalized spacial score (nSPS) is 20.4. The van der Waals surface area contributed by atoms with Gasteiger partial charge < -0.3 is 9.47 Å². The summed E-state index contributed by atoms with van der Waals surface area (Å²) in [6, 6.07) is 4.43. The van der Waals surface area contributed by atoms with Gasteiger partial charge in [0, 0.05) is 5.56 Å². The second-order valence-electron chi connectivity index (χ2n) is 7.00. The van der Waals surface area contributed by atoms with Crippen LogP contribution in [0, 0.1) is 5.82 Å². The summed E-state index contributed by atoms with van der Waals surface area (Å²) in [6.45, 7) is 8.75. The van der Waals surface area contributed by atoms with E-state index in [0.29, 0.717) is 5.56 Å². The van der Waals surface area contributed by atoms with Gasteiger partial charge in [0.25, 0.3) is 0 Å². The maximum Gasteiger partial charge on any atom is 0.413 e. The highest BCUT2D eigenvalue weighted by Gasteiger charge is 2.48. The number of rotatable bonds is 2. The van der Waals surface area contributed by atoms with Crippen molar-refractivity contribution in [3.05, 3.63) is 35.6 Å². The molecule has 0 aromatic heterocycles. The summed E-state index contributed by atoms with van der Waals surface area (Å²) in [5.74, 6) is -0.727. The number of ether oxygens (including phenoxy) is 2. The Morgan fingerprint density at radius 2 is 1.83 bits per heavy atom. The Hall–Kier alpha value is -1.95. The zero-order valence-electron chi connectivity index (χ0n) is 14.1. The SMILES string of the molecule is CC(C)(C)OC(=O)N1C(C(=O)c2ccc(F)cc2)COC1(C)C. The van der Waals surface area contributed by atoms with Crippen molar-refractivity contribution in [1.82, 2.24) is 4.90 Å². The highest BCUT2D eigenvalue weighted by atomic mass is 19.1. The van der Waals surface area contributed by atoms with Crippen LogP contribution in [0.4, 0.5) is 9.18 Å². The molecule has 0 N–H and O–H groups in total. The summed E-state index contributed by atoms with van der Waals surface area (Å²) in [6.07, 6.45) is -0.611. The maximum absolute atomic E-state index is 13.0. The van der Waals surface area contributed by atoms with E-state index in [-0.39, 0.29) is 12.4 Å². The summed E-state index contributed by atoms with van der Waals surface area (Å²) in [7, 11) is 0. The van der Waals surface area contributed by atoms with Crippen LogP contribution in [0.15, 0.2) is 24.3 Å². The van der Waals surface area contributed by atoms with Gasteiger partial charge in [-0.1, -0.05) is 0 Å². The van der Waals surface area contributed by atoms with Crippen LogP contribution in [0.25, 0.3) is 0 Å². The number of halogens is 1. The van der Waals surface area contributed by atoms with Gasteiger partial charge >= 0.3 is 6.09 Å². The third-order valence-electron chi connectivity index (χ3n) is 3.51. The van der Waals surface area contributed by atoms with Gasteiger partial charge in [0.2, 0.25) is 0 Å². The van der Waals surface area contributed by atoms with Crippen molar-refractivity contribution in [3.8, 4) is 0 Å². The van der Waals surface area contributed by atoms with Crippen LogP contribution in [0.3, 0.4) is 0 Å². The maximum atomic E-state index is 13.0. The van der Waals surface area contributed by atoms with Crippen molar-refractivity contribution in [2.24, 2.45) is 0 Å². The molecule has 0 radical (unpaired) electrons. The average molecular weight is 323 g/mol. The Kier molecular flexibility index (Phi) is 4.48. The monoisotopic (exact) mass is 323 g/mol. The molecule has 1 aromatic carbocycles. The number of amides is 1. The molecule has 1 unspecified atom stereocenters. The second-order valence-corrected chi connectivity index (χ2v) is 7.00. The third-order valence-corrected chi connectivity index (χ3v) is 3.51. The van der Waals surface area contributed by atoms with Gasteiger partial charge in [0.1, 0.15) is 23.2 Å².